The topological polar surface area (TPSA) is 61.9 Å². The average molecular weight is 400 g/mol. The molecule has 1 unspecified atom stereocenters. The number of ether oxygens (including phenoxy) is 1. The van der Waals surface area contributed by atoms with E-state index >= 15 is 0 Å². The Labute approximate surface area is 165 Å². The van der Waals surface area contributed by atoms with Crippen LogP contribution in [-0.2, 0) is 9.59 Å². The first kappa shape index (κ1) is 21.4. The number of carbonyl (C=O) groups excluding carboxylic acids is 2. The minimum Gasteiger partial charge on any atom is -0.493 e. The first-order valence-electron chi connectivity index (χ1n) is 9.30. The molecular weight excluding hydrogens is 373 g/mol. The quantitative estimate of drug-likeness (QED) is 0.741. The van der Waals surface area contributed by atoms with Crippen molar-refractivity contribution in [1.82, 2.24) is 15.1 Å². The van der Waals surface area contributed by atoms with Crippen molar-refractivity contribution in [2.75, 3.05) is 39.3 Å². The number of nitrogens with one attached hydrogen (secondary N) is 1. The third-order valence-corrected chi connectivity index (χ3v) is 4.92. The van der Waals surface area contributed by atoms with Crippen LogP contribution in [0.3, 0.4) is 0 Å². The van der Waals surface area contributed by atoms with Crippen molar-refractivity contribution in [3.05, 3.63) is 30.1 Å². The van der Waals surface area contributed by atoms with Crippen molar-refractivity contribution >= 4 is 24.2 Å². The summed E-state index contributed by atoms with van der Waals surface area (Å²) in [4.78, 5) is 28.3. The zero-order valence-electron chi connectivity index (χ0n) is 15.4. The molecule has 2 aliphatic rings. The molecule has 1 aromatic carbocycles. The van der Waals surface area contributed by atoms with Crippen LogP contribution in [0.1, 0.15) is 25.7 Å². The number of halogens is 2. The molecule has 3 rings (SSSR count). The highest BCUT2D eigenvalue weighted by atomic mass is 35.5. The highest BCUT2D eigenvalue weighted by molar-refractivity contribution is 5.85. The molecule has 27 heavy (non-hydrogen) atoms. The van der Waals surface area contributed by atoms with Crippen LogP contribution in [-0.4, -0.2) is 67.0 Å². The van der Waals surface area contributed by atoms with Gasteiger partial charge in [-0.2, -0.15) is 0 Å². The second kappa shape index (κ2) is 10.5. The fourth-order valence-corrected chi connectivity index (χ4v) is 3.57. The Morgan fingerprint density at radius 1 is 1.33 bits per heavy atom. The summed E-state index contributed by atoms with van der Waals surface area (Å²) in [6.45, 7) is 3.67. The maximum Gasteiger partial charge on any atom is 0.236 e. The monoisotopic (exact) mass is 399 g/mol. The summed E-state index contributed by atoms with van der Waals surface area (Å²) in [5, 5.41) is 3.08. The lowest BCUT2D eigenvalue weighted by Gasteiger charge is -2.41. The van der Waals surface area contributed by atoms with Crippen molar-refractivity contribution in [2.45, 2.75) is 31.7 Å². The molecule has 2 aliphatic heterocycles. The zero-order valence-corrected chi connectivity index (χ0v) is 16.2. The minimum atomic E-state index is -0.333. The summed E-state index contributed by atoms with van der Waals surface area (Å²) in [5.74, 6) is 0.368. The highest BCUT2D eigenvalue weighted by Gasteiger charge is 2.31. The SMILES string of the molecule is Cl.O=C(CCCOc1cccc(F)c1)N1CCCC(N2CCNCC2=O)C1. The van der Waals surface area contributed by atoms with Gasteiger partial charge in [0.25, 0.3) is 0 Å². The number of nitrogens with zero attached hydrogens (tertiary/aromatic N) is 2. The summed E-state index contributed by atoms with van der Waals surface area (Å²) in [6, 6.07) is 6.13. The Morgan fingerprint density at radius 2 is 2.19 bits per heavy atom. The predicted octanol–water partition coefficient (Wildman–Crippen LogP) is 1.83. The molecule has 0 radical (unpaired) electrons. The molecule has 8 heteroatoms. The number of benzene rings is 1. The van der Waals surface area contributed by atoms with Gasteiger partial charge >= 0.3 is 0 Å². The van der Waals surface area contributed by atoms with Crippen LogP contribution >= 0.6 is 12.4 Å². The molecule has 0 aliphatic carbocycles. The number of piperazine rings is 1. The van der Waals surface area contributed by atoms with E-state index < -0.39 is 0 Å². The third kappa shape index (κ3) is 6.07. The first-order valence-corrected chi connectivity index (χ1v) is 9.30. The molecule has 1 N–H and O–H groups in total. The molecule has 2 heterocycles. The van der Waals surface area contributed by atoms with Crippen molar-refractivity contribution in [3.63, 3.8) is 0 Å². The smallest absolute Gasteiger partial charge is 0.236 e. The Morgan fingerprint density at radius 3 is 2.96 bits per heavy atom. The lowest BCUT2D eigenvalue weighted by Crippen LogP contribution is -2.57. The molecule has 1 aromatic rings. The van der Waals surface area contributed by atoms with E-state index in [1.165, 1.54) is 12.1 Å². The molecule has 6 nitrogen and oxygen atoms in total. The number of likely N-dealkylation sites (tertiary alicyclic amines) is 1. The first-order chi connectivity index (χ1) is 12.6. The van der Waals surface area contributed by atoms with Crippen molar-refractivity contribution in [1.29, 1.82) is 0 Å². The van der Waals surface area contributed by atoms with Gasteiger partial charge in [-0.05, 0) is 31.4 Å². The number of amides is 2. The van der Waals surface area contributed by atoms with Crippen LogP contribution in [0, 0.1) is 5.82 Å². The van der Waals surface area contributed by atoms with E-state index in [1.807, 2.05) is 9.80 Å². The lowest BCUT2D eigenvalue weighted by molar-refractivity contribution is -0.140. The average Bonchev–Trinajstić information content (AvgIpc) is 2.65. The van der Waals surface area contributed by atoms with Crippen molar-refractivity contribution in [3.8, 4) is 5.75 Å². The molecule has 1 atom stereocenters. The van der Waals surface area contributed by atoms with Crippen molar-refractivity contribution < 1.29 is 18.7 Å². The zero-order chi connectivity index (χ0) is 18.4. The molecule has 2 fully saturated rings. The fraction of sp³-hybridized carbons (Fsp3) is 0.579. The number of hydrogen-bond donors (Lipinski definition) is 1. The molecule has 2 amide bonds. The van der Waals surface area contributed by atoms with Crippen LogP contribution in [0.25, 0.3) is 0 Å². The second-order valence-corrected chi connectivity index (χ2v) is 6.81. The van der Waals surface area contributed by atoms with Crippen LogP contribution in [0.2, 0.25) is 0 Å². The van der Waals surface area contributed by atoms with Crippen LogP contribution in [0.15, 0.2) is 24.3 Å². The summed E-state index contributed by atoms with van der Waals surface area (Å²) in [6.07, 6.45) is 2.87. The maximum absolute atomic E-state index is 13.1. The summed E-state index contributed by atoms with van der Waals surface area (Å²) >= 11 is 0. The van der Waals surface area contributed by atoms with Gasteiger partial charge in [-0.1, -0.05) is 6.07 Å². The number of hydrogen-bond acceptors (Lipinski definition) is 4. The van der Waals surface area contributed by atoms with Gasteiger partial charge in [-0.3, -0.25) is 9.59 Å². The van der Waals surface area contributed by atoms with E-state index in [9.17, 15) is 14.0 Å². The number of rotatable bonds is 6. The molecule has 0 aromatic heterocycles. The van der Waals surface area contributed by atoms with Crippen molar-refractivity contribution in [2.24, 2.45) is 0 Å². The van der Waals surface area contributed by atoms with Gasteiger partial charge < -0.3 is 19.9 Å². The molecule has 150 valence electrons. The molecular formula is C19H27ClFN3O3. The highest BCUT2D eigenvalue weighted by Crippen LogP contribution is 2.18. The predicted molar refractivity (Wildman–Crippen MR) is 103 cm³/mol. The van der Waals surface area contributed by atoms with Crippen LogP contribution in [0.4, 0.5) is 4.39 Å². The Balaban J connectivity index is 0.00000261. The van der Waals surface area contributed by atoms with Gasteiger partial charge in [-0.15, -0.1) is 12.4 Å². The summed E-state index contributed by atoms with van der Waals surface area (Å²) < 4.78 is 18.6. The van der Waals surface area contributed by atoms with E-state index in [2.05, 4.69) is 5.32 Å². The second-order valence-electron chi connectivity index (χ2n) is 6.81. The minimum absolute atomic E-state index is 0. The third-order valence-electron chi connectivity index (χ3n) is 4.92. The van der Waals surface area contributed by atoms with E-state index in [-0.39, 0.29) is 36.1 Å². The van der Waals surface area contributed by atoms with E-state index in [1.54, 1.807) is 12.1 Å². The Bertz CT molecular complexity index is 646. The largest absolute Gasteiger partial charge is 0.493 e. The number of carbonyl (C=O) groups is 2. The Kier molecular flexibility index (Phi) is 8.31. The number of piperidine rings is 1. The standard InChI is InChI=1S/C19H26FN3O3.ClH/c20-15-4-1-6-17(12-15)26-11-3-7-18(24)22-9-2-5-16(14-22)23-10-8-21-13-19(23)25;/h1,4,6,12,16,21H,2-3,5,7-11,13-14H2;1H. The molecule has 0 saturated carbocycles. The van der Waals surface area contributed by atoms with Gasteiger partial charge in [0.1, 0.15) is 11.6 Å². The van der Waals surface area contributed by atoms with E-state index in [0.717, 1.165) is 25.9 Å². The maximum atomic E-state index is 13.1. The van der Waals surface area contributed by atoms with Crippen LogP contribution in [0.5, 0.6) is 5.75 Å². The summed E-state index contributed by atoms with van der Waals surface area (Å²) in [7, 11) is 0. The molecule has 2 saturated heterocycles. The van der Waals surface area contributed by atoms with E-state index in [0.29, 0.717) is 44.8 Å². The van der Waals surface area contributed by atoms with Gasteiger partial charge in [0.15, 0.2) is 0 Å². The van der Waals surface area contributed by atoms with Gasteiger partial charge in [0, 0.05) is 44.7 Å². The fourth-order valence-electron chi connectivity index (χ4n) is 3.57. The lowest BCUT2D eigenvalue weighted by atomic mass is 10.0. The normalized spacial score (nSPS) is 20.2. The van der Waals surface area contributed by atoms with E-state index in [4.69, 9.17) is 4.74 Å². The van der Waals surface area contributed by atoms with Gasteiger partial charge in [0.2, 0.25) is 11.8 Å². The van der Waals surface area contributed by atoms with Crippen LogP contribution < -0.4 is 10.1 Å². The molecule has 0 spiro atoms. The van der Waals surface area contributed by atoms with Gasteiger partial charge in [-0.25, -0.2) is 4.39 Å². The Hall–Kier alpha value is -1.86. The molecule has 0 bridgehead atoms. The van der Waals surface area contributed by atoms with Gasteiger partial charge in [0.05, 0.1) is 13.2 Å². The summed E-state index contributed by atoms with van der Waals surface area (Å²) in [5.41, 5.74) is 0.